The van der Waals surface area contributed by atoms with Crippen molar-refractivity contribution in [1.82, 2.24) is 5.32 Å². The van der Waals surface area contributed by atoms with Gasteiger partial charge in [0.05, 0.1) is 0 Å². The van der Waals surface area contributed by atoms with Gasteiger partial charge in [-0.15, -0.1) is 0 Å². The Hall–Kier alpha value is -0.730. The zero-order chi connectivity index (χ0) is 13.0. The molecule has 1 N–H and O–H groups in total. The number of nitrogens with one attached hydrogen (secondary N) is 1. The third kappa shape index (κ3) is 3.18. The lowest BCUT2D eigenvalue weighted by molar-refractivity contribution is 0.131. The second kappa shape index (κ2) is 6.44. The molecule has 1 aromatic rings. The second-order valence-electron chi connectivity index (χ2n) is 5.06. The fourth-order valence-electron chi connectivity index (χ4n) is 2.55. The summed E-state index contributed by atoms with van der Waals surface area (Å²) in [6.45, 7) is 6.42. The lowest BCUT2D eigenvalue weighted by atomic mass is 9.97. The SMILES string of the molecule is CCCC(Oc1cccc(Cl)c1C)C1CCNC1. The van der Waals surface area contributed by atoms with E-state index in [1.807, 2.05) is 25.1 Å². The third-order valence-electron chi connectivity index (χ3n) is 3.69. The van der Waals surface area contributed by atoms with E-state index in [1.54, 1.807) is 0 Å². The van der Waals surface area contributed by atoms with Crippen LogP contribution in [-0.2, 0) is 0 Å². The molecule has 100 valence electrons. The molecule has 1 aliphatic heterocycles. The summed E-state index contributed by atoms with van der Waals surface area (Å²) in [5, 5.41) is 4.20. The summed E-state index contributed by atoms with van der Waals surface area (Å²) in [6.07, 6.45) is 3.78. The van der Waals surface area contributed by atoms with Crippen LogP contribution >= 0.6 is 11.6 Å². The number of halogens is 1. The molecule has 1 fully saturated rings. The Morgan fingerprint density at radius 1 is 1.50 bits per heavy atom. The monoisotopic (exact) mass is 267 g/mol. The normalized spacial score (nSPS) is 20.9. The molecule has 3 heteroatoms. The van der Waals surface area contributed by atoms with Crippen LogP contribution in [0.4, 0.5) is 0 Å². The Bertz CT molecular complexity index is 388. The lowest BCUT2D eigenvalue weighted by Crippen LogP contribution is -2.29. The molecule has 0 spiro atoms. The minimum Gasteiger partial charge on any atom is -0.490 e. The molecule has 2 nitrogen and oxygen atoms in total. The van der Waals surface area contributed by atoms with Gasteiger partial charge >= 0.3 is 0 Å². The molecule has 1 aliphatic rings. The number of rotatable bonds is 5. The highest BCUT2D eigenvalue weighted by atomic mass is 35.5. The van der Waals surface area contributed by atoms with Gasteiger partial charge in [-0.05, 0) is 38.4 Å². The van der Waals surface area contributed by atoms with E-state index >= 15 is 0 Å². The molecule has 2 rings (SSSR count). The molecule has 1 heterocycles. The summed E-state index contributed by atoms with van der Waals surface area (Å²) < 4.78 is 6.23. The minimum absolute atomic E-state index is 0.308. The van der Waals surface area contributed by atoms with Crippen LogP contribution in [-0.4, -0.2) is 19.2 Å². The zero-order valence-corrected chi connectivity index (χ0v) is 12.0. The van der Waals surface area contributed by atoms with Crippen LogP contribution in [0, 0.1) is 12.8 Å². The van der Waals surface area contributed by atoms with Gasteiger partial charge in [-0.1, -0.05) is 31.0 Å². The van der Waals surface area contributed by atoms with E-state index in [0.29, 0.717) is 12.0 Å². The molecule has 0 aliphatic carbocycles. The lowest BCUT2D eigenvalue weighted by Gasteiger charge is -2.25. The maximum absolute atomic E-state index is 6.23. The van der Waals surface area contributed by atoms with Crippen molar-refractivity contribution in [2.45, 2.75) is 39.2 Å². The first-order valence-electron chi connectivity index (χ1n) is 6.85. The van der Waals surface area contributed by atoms with Crippen molar-refractivity contribution in [3.63, 3.8) is 0 Å². The average molecular weight is 268 g/mol. The molecule has 2 atom stereocenters. The summed E-state index contributed by atoms with van der Waals surface area (Å²) in [7, 11) is 0. The van der Waals surface area contributed by atoms with Crippen LogP contribution in [0.5, 0.6) is 5.75 Å². The van der Waals surface area contributed by atoms with E-state index in [9.17, 15) is 0 Å². The largest absolute Gasteiger partial charge is 0.490 e. The van der Waals surface area contributed by atoms with Gasteiger partial charge in [0.2, 0.25) is 0 Å². The van der Waals surface area contributed by atoms with E-state index in [-0.39, 0.29) is 0 Å². The zero-order valence-electron chi connectivity index (χ0n) is 11.2. The summed E-state index contributed by atoms with van der Waals surface area (Å²) >= 11 is 6.14. The molecule has 1 aromatic carbocycles. The van der Waals surface area contributed by atoms with Gasteiger partial charge in [0, 0.05) is 23.0 Å². The smallest absolute Gasteiger partial charge is 0.124 e. The van der Waals surface area contributed by atoms with Crippen LogP contribution in [0.3, 0.4) is 0 Å². The Balaban J connectivity index is 2.10. The molecule has 0 aromatic heterocycles. The van der Waals surface area contributed by atoms with Gasteiger partial charge in [-0.2, -0.15) is 0 Å². The van der Waals surface area contributed by atoms with E-state index in [1.165, 1.54) is 6.42 Å². The first kappa shape index (κ1) is 13.7. The Labute approximate surface area is 115 Å². The van der Waals surface area contributed by atoms with Crippen molar-refractivity contribution in [1.29, 1.82) is 0 Å². The van der Waals surface area contributed by atoms with E-state index in [2.05, 4.69) is 12.2 Å². The Kier molecular flexibility index (Phi) is 4.90. The van der Waals surface area contributed by atoms with Gasteiger partial charge in [-0.25, -0.2) is 0 Å². The predicted octanol–water partition coefficient (Wildman–Crippen LogP) is 3.81. The van der Waals surface area contributed by atoms with E-state index in [0.717, 1.165) is 42.3 Å². The topological polar surface area (TPSA) is 21.3 Å². The highest BCUT2D eigenvalue weighted by molar-refractivity contribution is 6.31. The van der Waals surface area contributed by atoms with Gasteiger partial charge in [0.25, 0.3) is 0 Å². The third-order valence-corrected chi connectivity index (χ3v) is 4.10. The molecule has 18 heavy (non-hydrogen) atoms. The summed E-state index contributed by atoms with van der Waals surface area (Å²) in [4.78, 5) is 0. The summed E-state index contributed by atoms with van der Waals surface area (Å²) in [5.41, 5.74) is 1.05. The standard InChI is InChI=1S/C15H22ClNO/c1-3-5-15(12-8-9-17-10-12)18-14-7-4-6-13(16)11(14)2/h4,6-7,12,15,17H,3,5,8-10H2,1-2H3. The Morgan fingerprint density at radius 3 is 3.00 bits per heavy atom. The highest BCUT2D eigenvalue weighted by Crippen LogP contribution is 2.29. The van der Waals surface area contributed by atoms with Crippen molar-refractivity contribution >= 4 is 11.6 Å². The van der Waals surface area contributed by atoms with Crippen LogP contribution in [0.2, 0.25) is 5.02 Å². The molecule has 2 unspecified atom stereocenters. The highest BCUT2D eigenvalue weighted by Gasteiger charge is 2.26. The number of hydrogen-bond donors (Lipinski definition) is 1. The Morgan fingerprint density at radius 2 is 2.33 bits per heavy atom. The maximum Gasteiger partial charge on any atom is 0.124 e. The molecular formula is C15H22ClNO. The van der Waals surface area contributed by atoms with Crippen LogP contribution in [0.15, 0.2) is 18.2 Å². The average Bonchev–Trinajstić information content (AvgIpc) is 2.88. The molecule has 0 bridgehead atoms. The molecular weight excluding hydrogens is 246 g/mol. The maximum atomic E-state index is 6.23. The first-order chi connectivity index (χ1) is 8.72. The van der Waals surface area contributed by atoms with Crippen molar-refractivity contribution in [3.8, 4) is 5.75 Å². The van der Waals surface area contributed by atoms with Crippen molar-refractivity contribution in [2.24, 2.45) is 5.92 Å². The van der Waals surface area contributed by atoms with Crippen molar-refractivity contribution < 1.29 is 4.74 Å². The molecule has 0 amide bonds. The molecule has 1 saturated heterocycles. The molecule has 0 radical (unpaired) electrons. The van der Waals surface area contributed by atoms with Crippen LogP contribution in [0.1, 0.15) is 31.7 Å². The predicted molar refractivity (Wildman–Crippen MR) is 76.5 cm³/mol. The summed E-state index contributed by atoms with van der Waals surface area (Å²) in [6, 6.07) is 5.89. The van der Waals surface area contributed by atoms with Crippen molar-refractivity contribution in [2.75, 3.05) is 13.1 Å². The van der Waals surface area contributed by atoms with E-state index in [4.69, 9.17) is 16.3 Å². The number of benzene rings is 1. The fraction of sp³-hybridized carbons (Fsp3) is 0.600. The number of ether oxygens (including phenoxy) is 1. The van der Waals surface area contributed by atoms with Crippen molar-refractivity contribution in [3.05, 3.63) is 28.8 Å². The quantitative estimate of drug-likeness (QED) is 0.876. The van der Waals surface area contributed by atoms with Gasteiger partial charge < -0.3 is 10.1 Å². The molecule has 0 saturated carbocycles. The number of hydrogen-bond acceptors (Lipinski definition) is 2. The van der Waals surface area contributed by atoms with Crippen LogP contribution < -0.4 is 10.1 Å². The van der Waals surface area contributed by atoms with Gasteiger partial charge in [0.1, 0.15) is 11.9 Å². The fourth-order valence-corrected chi connectivity index (χ4v) is 2.71. The first-order valence-corrected chi connectivity index (χ1v) is 7.22. The second-order valence-corrected chi connectivity index (χ2v) is 5.47. The van der Waals surface area contributed by atoms with Gasteiger partial charge in [-0.3, -0.25) is 0 Å². The van der Waals surface area contributed by atoms with Gasteiger partial charge in [0.15, 0.2) is 0 Å². The van der Waals surface area contributed by atoms with E-state index < -0.39 is 0 Å². The van der Waals surface area contributed by atoms with Crippen LogP contribution in [0.25, 0.3) is 0 Å². The summed E-state index contributed by atoms with van der Waals surface area (Å²) in [5.74, 6) is 1.57. The minimum atomic E-state index is 0.308.